The van der Waals surface area contributed by atoms with Gasteiger partial charge in [-0.05, 0) is 52.1 Å². The quantitative estimate of drug-likeness (QED) is 0.665. The average molecular weight is 183 g/mol. The van der Waals surface area contributed by atoms with Gasteiger partial charge in [0, 0.05) is 13.0 Å². The molecule has 1 unspecified atom stereocenters. The summed E-state index contributed by atoms with van der Waals surface area (Å²) in [5, 5.41) is 0. The van der Waals surface area contributed by atoms with E-state index in [2.05, 4.69) is 11.9 Å². The Labute approximate surface area is 81.3 Å². The lowest BCUT2D eigenvalue weighted by atomic mass is 9.93. The predicted molar refractivity (Wildman–Crippen MR) is 54.8 cm³/mol. The van der Waals surface area contributed by atoms with Crippen molar-refractivity contribution in [2.75, 3.05) is 20.1 Å². The largest absolute Gasteiger partial charge is 0.306 e. The molecule has 2 nitrogen and oxygen atoms in total. The van der Waals surface area contributed by atoms with Crippen molar-refractivity contribution in [3.05, 3.63) is 0 Å². The first kappa shape index (κ1) is 10.7. The van der Waals surface area contributed by atoms with E-state index in [0.717, 1.165) is 18.8 Å². The summed E-state index contributed by atoms with van der Waals surface area (Å²) >= 11 is 0. The van der Waals surface area contributed by atoms with Gasteiger partial charge in [0.05, 0.1) is 0 Å². The minimum Gasteiger partial charge on any atom is -0.306 e. The van der Waals surface area contributed by atoms with Crippen molar-refractivity contribution >= 4 is 5.78 Å². The number of hydrogen-bond acceptors (Lipinski definition) is 2. The maximum Gasteiger partial charge on any atom is 0.129 e. The molecule has 0 aromatic heterocycles. The molecule has 2 heteroatoms. The monoisotopic (exact) mass is 183 g/mol. The third kappa shape index (κ3) is 4.41. The zero-order chi connectivity index (χ0) is 9.68. The first-order chi connectivity index (χ1) is 6.18. The molecule has 1 fully saturated rings. The van der Waals surface area contributed by atoms with Gasteiger partial charge in [-0.2, -0.15) is 0 Å². The number of piperidine rings is 1. The van der Waals surface area contributed by atoms with Crippen LogP contribution in [0.4, 0.5) is 0 Å². The Balaban J connectivity index is 2.10. The first-order valence-corrected chi connectivity index (χ1v) is 5.36. The number of rotatable bonds is 4. The third-order valence-electron chi connectivity index (χ3n) is 2.86. The Morgan fingerprint density at radius 3 is 2.92 bits per heavy atom. The summed E-state index contributed by atoms with van der Waals surface area (Å²) in [5.74, 6) is 1.18. The summed E-state index contributed by atoms with van der Waals surface area (Å²) in [5.41, 5.74) is 0. The molecule has 0 amide bonds. The number of Topliss-reactive ketones (excluding diaryl/α,β-unsaturated/α-hetero) is 1. The van der Waals surface area contributed by atoms with E-state index in [1.807, 2.05) is 0 Å². The standard InChI is InChI=1S/C11H21NO/c1-10(13)5-3-6-11-7-4-8-12(2)9-11/h11H,3-9H2,1-2H3. The zero-order valence-corrected chi connectivity index (χ0v) is 8.88. The minimum absolute atomic E-state index is 0.337. The molecule has 1 atom stereocenters. The lowest BCUT2D eigenvalue weighted by molar-refractivity contribution is -0.117. The second-order valence-electron chi connectivity index (χ2n) is 4.36. The smallest absolute Gasteiger partial charge is 0.129 e. The summed E-state index contributed by atoms with van der Waals surface area (Å²) < 4.78 is 0. The molecule has 1 saturated heterocycles. The SMILES string of the molecule is CC(=O)CCCC1CCCN(C)C1. The normalized spacial score (nSPS) is 24.6. The number of carbonyl (C=O) groups is 1. The number of nitrogens with zero attached hydrogens (tertiary/aromatic N) is 1. The Hall–Kier alpha value is -0.370. The molecule has 1 aliphatic heterocycles. The molecule has 76 valence electrons. The van der Waals surface area contributed by atoms with E-state index in [1.54, 1.807) is 6.92 Å². The Kier molecular flexibility index (Phi) is 4.43. The molecular weight excluding hydrogens is 162 g/mol. The van der Waals surface area contributed by atoms with Gasteiger partial charge < -0.3 is 9.69 Å². The molecule has 0 aliphatic carbocycles. The van der Waals surface area contributed by atoms with Crippen LogP contribution in [0, 0.1) is 5.92 Å². The molecule has 0 aromatic carbocycles. The molecule has 0 bridgehead atoms. The summed E-state index contributed by atoms with van der Waals surface area (Å²) in [7, 11) is 2.19. The van der Waals surface area contributed by atoms with Crippen LogP contribution < -0.4 is 0 Å². The average Bonchev–Trinajstić information content (AvgIpc) is 2.03. The maximum atomic E-state index is 10.7. The molecule has 1 aliphatic rings. The highest BCUT2D eigenvalue weighted by molar-refractivity contribution is 5.75. The van der Waals surface area contributed by atoms with E-state index < -0.39 is 0 Å². The number of carbonyl (C=O) groups excluding carboxylic acids is 1. The molecule has 0 saturated carbocycles. The molecular formula is C11H21NO. The van der Waals surface area contributed by atoms with Gasteiger partial charge in [-0.15, -0.1) is 0 Å². The van der Waals surface area contributed by atoms with E-state index in [-0.39, 0.29) is 0 Å². The van der Waals surface area contributed by atoms with Gasteiger partial charge in [0.25, 0.3) is 0 Å². The van der Waals surface area contributed by atoms with Crippen LogP contribution in [0.3, 0.4) is 0 Å². The van der Waals surface area contributed by atoms with Crippen molar-refractivity contribution in [2.45, 2.75) is 39.0 Å². The van der Waals surface area contributed by atoms with E-state index in [9.17, 15) is 4.79 Å². The first-order valence-electron chi connectivity index (χ1n) is 5.36. The van der Waals surface area contributed by atoms with E-state index >= 15 is 0 Å². The van der Waals surface area contributed by atoms with Crippen LogP contribution in [-0.4, -0.2) is 30.8 Å². The van der Waals surface area contributed by atoms with Gasteiger partial charge in [-0.1, -0.05) is 0 Å². The molecule has 0 spiro atoms. The fraction of sp³-hybridized carbons (Fsp3) is 0.909. The van der Waals surface area contributed by atoms with Gasteiger partial charge in [-0.3, -0.25) is 0 Å². The van der Waals surface area contributed by atoms with Crippen molar-refractivity contribution in [2.24, 2.45) is 5.92 Å². The second-order valence-corrected chi connectivity index (χ2v) is 4.36. The van der Waals surface area contributed by atoms with Crippen molar-refractivity contribution in [3.8, 4) is 0 Å². The number of ketones is 1. The van der Waals surface area contributed by atoms with Crippen LogP contribution in [0.1, 0.15) is 39.0 Å². The fourth-order valence-electron chi connectivity index (χ4n) is 2.15. The molecule has 1 rings (SSSR count). The molecule has 1 heterocycles. The lowest BCUT2D eigenvalue weighted by Gasteiger charge is -2.29. The van der Waals surface area contributed by atoms with Crippen LogP contribution in [-0.2, 0) is 4.79 Å². The highest BCUT2D eigenvalue weighted by Crippen LogP contribution is 2.20. The topological polar surface area (TPSA) is 20.3 Å². The van der Waals surface area contributed by atoms with Crippen LogP contribution in [0.15, 0.2) is 0 Å². The van der Waals surface area contributed by atoms with Crippen molar-refractivity contribution in [1.29, 1.82) is 0 Å². The zero-order valence-electron chi connectivity index (χ0n) is 8.88. The summed E-state index contributed by atoms with van der Waals surface area (Å²) in [4.78, 5) is 13.1. The predicted octanol–water partition coefficient (Wildman–Crippen LogP) is 2.09. The summed E-state index contributed by atoms with van der Waals surface area (Å²) in [6, 6.07) is 0. The van der Waals surface area contributed by atoms with E-state index in [1.165, 1.54) is 32.4 Å². The number of likely N-dealkylation sites (tertiary alicyclic amines) is 1. The van der Waals surface area contributed by atoms with Gasteiger partial charge in [0.1, 0.15) is 5.78 Å². The Morgan fingerprint density at radius 2 is 2.31 bits per heavy atom. The Morgan fingerprint density at radius 1 is 1.54 bits per heavy atom. The highest BCUT2D eigenvalue weighted by atomic mass is 16.1. The lowest BCUT2D eigenvalue weighted by Crippen LogP contribution is -2.31. The van der Waals surface area contributed by atoms with Crippen LogP contribution in [0.2, 0.25) is 0 Å². The van der Waals surface area contributed by atoms with Crippen LogP contribution in [0.5, 0.6) is 0 Å². The molecule has 13 heavy (non-hydrogen) atoms. The minimum atomic E-state index is 0.337. The van der Waals surface area contributed by atoms with Gasteiger partial charge >= 0.3 is 0 Å². The van der Waals surface area contributed by atoms with Gasteiger partial charge in [0.15, 0.2) is 0 Å². The van der Waals surface area contributed by atoms with Gasteiger partial charge in [0.2, 0.25) is 0 Å². The van der Waals surface area contributed by atoms with Crippen LogP contribution >= 0.6 is 0 Å². The van der Waals surface area contributed by atoms with Gasteiger partial charge in [-0.25, -0.2) is 0 Å². The maximum absolute atomic E-state index is 10.7. The third-order valence-corrected chi connectivity index (χ3v) is 2.86. The summed E-state index contributed by atoms with van der Waals surface area (Å²) in [6.07, 6.45) is 5.81. The van der Waals surface area contributed by atoms with E-state index in [4.69, 9.17) is 0 Å². The van der Waals surface area contributed by atoms with Crippen molar-refractivity contribution in [3.63, 3.8) is 0 Å². The van der Waals surface area contributed by atoms with Crippen LogP contribution in [0.25, 0.3) is 0 Å². The Bertz CT molecular complexity index is 167. The fourth-order valence-corrected chi connectivity index (χ4v) is 2.15. The highest BCUT2D eigenvalue weighted by Gasteiger charge is 2.16. The van der Waals surface area contributed by atoms with Crippen molar-refractivity contribution < 1.29 is 4.79 Å². The molecule has 0 radical (unpaired) electrons. The number of hydrogen-bond donors (Lipinski definition) is 0. The van der Waals surface area contributed by atoms with E-state index in [0.29, 0.717) is 5.78 Å². The molecule has 0 aromatic rings. The summed E-state index contributed by atoms with van der Waals surface area (Å²) in [6.45, 7) is 4.17. The second kappa shape index (κ2) is 5.38. The van der Waals surface area contributed by atoms with Crippen molar-refractivity contribution in [1.82, 2.24) is 4.90 Å². The molecule has 0 N–H and O–H groups in total.